The molecule has 2 N–H and O–H groups in total. The molecule has 2 aromatic carbocycles. The van der Waals surface area contributed by atoms with E-state index in [0.29, 0.717) is 23.7 Å². The zero-order chi connectivity index (χ0) is 20.8. The Hall–Kier alpha value is -3.45. The van der Waals surface area contributed by atoms with E-state index in [9.17, 15) is 4.79 Å². The molecule has 7 nitrogen and oxygen atoms in total. The lowest BCUT2D eigenvalue weighted by Crippen LogP contribution is -2.19. The van der Waals surface area contributed by atoms with Gasteiger partial charge in [0.25, 0.3) is 0 Å². The topological polar surface area (TPSA) is 88.5 Å². The lowest BCUT2D eigenvalue weighted by atomic mass is 10.0. The number of carbonyl (C=O) groups excluding carboxylic acids is 1. The predicted octanol–water partition coefficient (Wildman–Crippen LogP) is 4.06. The monoisotopic (exact) mass is 420 g/mol. The number of halogens is 1. The number of aromatic nitrogens is 5. The third kappa shape index (κ3) is 5.12. The number of hydrogen-bond donors (Lipinski definition) is 2. The van der Waals surface area contributed by atoms with Gasteiger partial charge in [-0.15, -0.1) is 10.2 Å². The number of amides is 1. The van der Waals surface area contributed by atoms with Gasteiger partial charge >= 0.3 is 0 Å². The van der Waals surface area contributed by atoms with Gasteiger partial charge in [0.2, 0.25) is 5.91 Å². The average molecular weight is 421 g/mol. The maximum atomic E-state index is 12.7. The molecule has 0 bridgehead atoms. The van der Waals surface area contributed by atoms with Gasteiger partial charge in [-0.1, -0.05) is 41.1 Å². The van der Waals surface area contributed by atoms with Crippen LogP contribution in [0.5, 0.6) is 0 Å². The largest absolute Gasteiger partial charge is 0.346 e. The molecule has 0 aliphatic heterocycles. The Morgan fingerprint density at radius 2 is 1.77 bits per heavy atom. The van der Waals surface area contributed by atoms with E-state index in [1.807, 2.05) is 77.6 Å². The summed E-state index contributed by atoms with van der Waals surface area (Å²) in [4.78, 5) is 12.7. The van der Waals surface area contributed by atoms with Crippen LogP contribution in [0.25, 0.3) is 0 Å². The highest BCUT2D eigenvalue weighted by Crippen LogP contribution is 2.25. The first-order chi connectivity index (χ1) is 14.7. The summed E-state index contributed by atoms with van der Waals surface area (Å²) in [5.41, 5.74) is 2.94. The third-order valence-corrected chi connectivity index (χ3v) is 5.14. The molecule has 1 atom stereocenters. The zero-order valence-electron chi connectivity index (χ0n) is 16.2. The first-order valence-electron chi connectivity index (χ1n) is 9.66. The van der Waals surface area contributed by atoms with Crippen LogP contribution in [0.4, 0.5) is 5.69 Å². The van der Waals surface area contributed by atoms with Gasteiger partial charge in [-0.25, -0.2) is 0 Å². The molecular weight excluding hydrogens is 400 g/mol. The second-order valence-corrected chi connectivity index (χ2v) is 7.41. The minimum Gasteiger partial charge on any atom is -0.346 e. The van der Waals surface area contributed by atoms with E-state index in [1.165, 1.54) is 0 Å². The fourth-order valence-electron chi connectivity index (χ4n) is 3.32. The fourth-order valence-corrected chi connectivity index (χ4v) is 3.45. The van der Waals surface area contributed by atoms with Crippen LogP contribution in [0.1, 0.15) is 29.4 Å². The second kappa shape index (κ2) is 9.37. The van der Waals surface area contributed by atoms with Gasteiger partial charge in [-0.3, -0.25) is 4.79 Å². The van der Waals surface area contributed by atoms with E-state index in [1.54, 1.807) is 0 Å². The molecule has 1 amide bonds. The van der Waals surface area contributed by atoms with Crippen LogP contribution in [-0.4, -0.2) is 31.1 Å². The van der Waals surface area contributed by atoms with Crippen LogP contribution >= 0.6 is 11.6 Å². The van der Waals surface area contributed by atoms with Crippen LogP contribution < -0.4 is 5.32 Å². The second-order valence-electron chi connectivity index (χ2n) is 6.97. The van der Waals surface area contributed by atoms with Crippen LogP contribution in [0, 0.1) is 0 Å². The van der Waals surface area contributed by atoms with Crippen molar-refractivity contribution in [3.63, 3.8) is 0 Å². The molecule has 4 rings (SSSR count). The van der Waals surface area contributed by atoms with E-state index in [0.717, 1.165) is 23.2 Å². The first kappa shape index (κ1) is 19.8. The molecular formula is C22H21ClN6O. The normalized spacial score (nSPS) is 11.9. The highest BCUT2D eigenvalue weighted by atomic mass is 35.5. The van der Waals surface area contributed by atoms with Crippen LogP contribution in [-0.2, 0) is 17.6 Å². The summed E-state index contributed by atoms with van der Waals surface area (Å²) >= 11 is 6.02. The molecule has 0 saturated heterocycles. The van der Waals surface area contributed by atoms with Crippen molar-refractivity contribution in [2.45, 2.75) is 25.3 Å². The van der Waals surface area contributed by atoms with E-state index in [4.69, 9.17) is 11.6 Å². The van der Waals surface area contributed by atoms with Crippen LogP contribution in [0.15, 0.2) is 73.1 Å². The van der Waals surface area contributed by atoms with Crippen molar-refractivity contribution in [1.82, 2.24) is 25.2 Å². The maximum Gasteiger partial charge on any atom is 0.226 e. The molecule has 152 valence electrons. The summed E-state index contributed by atoms with van der Waals surface area (Å²) in [5.74, 6) is 0.633. The van der Waals surface area contributed by atoms with Gasteiger partial charge in [0.15, 0.2) is 5.82 Å². The van der Waals surface area contributed by atoms with Crippen LogP contribution in [0.2, 0.25) is 5.02 Å². The van der Waals surface area contributed by atoms with Gasteiger partial charge in [0, 0.05) is 29.5 Å². The molecule has 0 aliphatic carbocycles. The number of aryl methyl sites for hydroxylation is 2. The van der Waals surface area contributed by atoms with Crippen LogP contribution in [0.3, 0.4) is 0 Å². The molecule has 0 saturated carbocycles. The summed E-state index contributed by atoms with van der Waals surface area (Å²) in [6.45, 7) is 0. The molecule has 8 heteroatoms. The quantitative estimate of drug-likeness (QED) is 0.450. The summed E-state index contributed by atoms with van der Waals surface area (Å²) < 4.78 is 2.03. The molecule has 0 fully saturated rings. The Morgan fingerprint density at radius 1 is 1.03 bits per heavy atom. The Labute approximate surface area is 179 Å². The smallest absolute Gasteiger partial charge is 0.226 e. The number of aromatic amines is 1. The highest BCUT2D eigenvalue weighted by Gasteiger charge is 2.17. The van der Waals surface area contributed by atoms with E-state index in [-0.39, 0.29) is 11.9 Å². The lowest BCUT2D eigenvalue weighted by molar-refractivity contribution is -0.116. The molecule has 0 spiro atoms. The first-order valence-corrected chi connectivity index (χ1v) is 10.0. The lowest BCUT2D eigenvalue weighted by Gasteiger charge is -2.19. The van der Waals surface area contributed by atoms with Crippen molar-refractivity contribution in [3.05, 3.63) is 95.0 Å². The van der Waals surface area contributed by atoms with Crippen molar-refractivity contribution < 1.29 is 4.79 Å². The minimum absolute atomic E-state index is 0.0526. The SMILES string of the molecule is O=C(C[C@H](c1ccc(Cl)cc1)n1cccc1)Nc1ccc(CCc2nn[nH]n2)cc1. The molecule has 30 heavy (non-hydrogen) atoms. The van der Waals surface area contributed by atoms with Gasteiger partial charge < -0.3 is 9.88 Å². The predicted molar refractivity (Wildman–Crippen MR) is 115 cm³/mol. The number of H-pyrrole nitrogens is 1. The number of carbonyl (C=O) groups is 1. The third-order valence-electron chi connectivity index (χ3n) is 4.89. The minimum atomic E-state index is -0.105. The standard InChI is InChI=1S/C22H21ClN6O/c23-18-8-6-17(7-9-18)20(29-13-1-2-14-29)15-22(30)24-19-10-3-16(4-11-19)5-12-21-25-27-28-26-21/h1-4,6-11,13-14,20H,5,12,15H2,(H,24,30)(H,25,26,27,28)/t20-/m1/s1. The zero-order valence-corrected chi connectivity index (χ0v) is 17.0. The van der Waals surface area contributed by atoms with Gasteiger partial charge in [0.1, 0.15) is 0 Å². The molecule has 2 heterocycles. The van der Waals surface area contributed by atoms with Crippen molar-refractivity contribution in [1.29, 1.82) is 0 Å². The Morgan fingerprint density at radius 3 is 2.43 bits per heavy atom. The number of nitrogens with zero attached hydrogens (tertiary/aromatic N) is 4. The van der Waals surface area contributed by atoms with Gasteiger partial charge in [0.05, 0.1) is 12.5 Å². The molecule has 0 radical (unpaired) electrons. The fraction of sp³-hybridized carbons (Fsp3) is 0.182. The van der Waals surface area contributed by atoms with E-state index >= 15 is 0 Å². The van der Waals surface area contributed by atoms with Crippen molar-refractivity contribution in [3.8, 4) is 0 Å². The number of benzene rings is 2. The Kier molecular flexibility index (Phi) is 6.20. The average Bonchev–Trinajstić information content (AvgIpc) is 3.47. The van der Waals surface area contributed by atoms with Gasteiger partial charge in [-0.05, 0) is 53.9 Å². The Balaban J connectivity index is 1.39. The number of tetrazole rings is 1. The summed E-state index contributed by atoms with van der Waals surface area (Å²) in [7, 11) is 0. The van der Waals surface area contributed by atoms with Crippen molar-refractivity contribution in [2.24, 2.45) is 0 Å². The molecule has 0 unspecified atom stereocenters. The number of hydrogen-bond acceptors (Lipinski definition) is 4. The molecule has 0 aliphatic rings. The number of rotatable bonds is 8. The molecule has 4 aromatic rings. The van der Waals surface area contributed by atoms with Crippen molar-refractivity contribution >= 4 is 23.2 Å². The van der Waals surface area contributed by atoms with E-state index < -0.39 is 0 Å². The Bertz CT molecular complexity index is 1060. The molecule has 2 aromatic heterocycles. The summed E-state index contributed by atoms with van der Waals surface area (Å²) in [5, 5.41) is 17.6. The number of anilines is 1. The number of nitrogens with one attached hydrogen (secondary N) is 2. The van der Waals surface area contributed by atoms with E-state index in [2.05, 4.69) is 25.9 Å². The highest BCUT2D eigenvalue weighted by molar-refractivity contribution is 6.30. The van der Waals surface area contributed by atoms with Crippen molar-refractivity contribution in [2.75, 3.05) is 5.32 Å². The maximum absolute atomic E-state index is 12.7. The summed E-state index contributed by atoms with van der Waals surface area (Å²) in [6, 6.07) is 19.2. The summed E-state index contributed by atoms with van der Waals surface area (Å²) in [6.07, 6.45) is 5.76. The van der Waals surface area contributed by atoms with Gasteiger partial charge in [-0.2, -0.15) is 5.21 Å².